The molecule has 16 heavy (non-hydrogen) atoms. The molecule has 0 saturated carbocycles. The van der Waals surface area contributed by atoms with Gasteiger partial charge in [0.15, 0.2) is 0 Å². The van der Waals surface area contributed by atoms with Crippen LogP contribution in [-0.4, -0.2) is 0 Å². The number of unbranched alkanes of at least 4 members (excludes halogenated alkanes) is 7. The molecule has 0 aromatic carbocycles. The lowest BCUT2D eigenvalue weighted by molar-refractivity contribution is 0.512. The van der Waals surface area contributed by atoms with Gasteiger partial charge < -0.3 is 0 Å². The van der Waals surface area contributed by atoms with E-state index >= 15 is 0 Å². The lowest BCUT2D eigenvalue weighted by atomic mass is 9.99. The Morgan fingerprint density at radius 3 is 1.94 bits per heavy atom. The third kappa shape index (κ3) is 9.53. The van der Waals surface area contributed by atoms with Gasteiger partial charge in [-0.2, -0.15) is 10.5 Å². The first-order valence-corrected chi connectivity index (χ1v) is 6.61. The zero-order chi connectivity index (χ0) is 12.1. The van der Waals surface area contributed by atoms with E-state index in [2.05, 4.69) is 19.1 Å². The monoisotopic (exact) mass is 220 g/mol. The van der Waals surface area contributed by atoms with Crippen molar-refractivity contribution in [2.75, 3.05) is 0 Å². The fourth-order valence-corrected chi connectivity index (χ4v) is 1.84. The van der Waals surface area contributed by atoms with Crippen molar-refractivity contribution in [2.24, 2.45) is 5.92 Å². The lowest BCUT2D eigenvalue weighted by Crippen LogP contribution is -1.94. The lowest BCUT2D eigenvalue weighted by Gasteiger charge is -2.05. The Morgan fingerprint density at radius 1 is 0.875 bits per heavy atom. The first-order chi connectivity index (χ1) is 7.85. The van der Waals surface area contributed by atoms with E-state index in [1.165, 1.54) is 38.5 Å². The summed E-state index contributed by atoms with van der Waals surface area (Å²) in [6, 6.07) is 4.52. The summed E-state index contributed by atoms with van der Waals surface area (Å²) in [4.78, 5) is 0. The van der Waals surface area contributed by atoms with E-state index in [4.69, 9.17) is 10.5 Å². The Morgan fingerprint density at radius 2 is 1.44 bits per heavy atom. The van der Waals surface area contributed by atoms with Gasteiger partial charge in [-0.1, -0.05) is 45.4 Å². The van der Waals surface area contributed by atoms with E-state index in [9.17, 15) is 0 Å². The normalized spacial score (nSPS) is 11.7. The summed E-state index contributed by atoms with van der Waals surface area (Å²) in [5.74, 6) is 0.274. The van der Waals surface area contributed by atoms with Crippen LogP contribution in [0.1, 0.15) is 71.1 Å². The van der Waals surface area contributed by atoms with Crippen molar-refractivity contribution in [3.05, 3.63) is 0 Å². The molecule has 0 aliphatic rings. The standard InChI is InChI=1S/C14H24N2/c1-2-14(13-16)11-9-7-5-3-4-6-8-10-12-15/h14H,2-11H2,1H3. The molecule has 0 aromatic heterocycles. The molecule has 0 N–H and O–H groups in total. The van der Waals surface area contributed by atoms with Crippen LogP contribution in [0.25, 0.3) is 0 Å². The second kappa shape index (κ2) is 12.1. The minimum Gasteiger partial charge on any atom is -0.198 e. The Hall–Kier alpha value is -1.02. The van der Waals surface area contributed by atoms with Crippen molar-refractivity contribution in [1.82, 2.24) is 0 Å². The molecular formula is C14H24N2. The number of nitriles is 2. The third-order valence-electron chi connectivity index (χ3n) is 3.02. The maximum atomic E-state index is 8.77. The van der Waals surface area contributed by atoms with Crippen LogP contribution in [0, 0.1) is 28.6 Å². The highest BCUT2D eigenvalue weighted by atomic mass is 14.3. The quantitative estimate of drug-likeness (QED) is 0.506. The van der Waals surface area contributed by atoms with E-state index in [1.807, 2.05) is 0 Å². The molecule has 0 amide bonds. The highest BCUT2D eigenvalue weighted by Gasteiger charge is 2.02. The molecule has 1 atom stereocenters. The SMILES string of the molecule is CCC(C#N)CCCCCCCCCC#N. The Kier molecular flexibility index (Phi) is 11.3. The molecule has 90 valence electrons. The average Bonchev–Trinajstić information content (AvgIpc) is 2.32. The van der Waals surface area contributed by atoms with Gasteiger partial charge in [0.05, 0.1) is 12.1 Å². The van der Waals surface area contributed by atoms with Crippen LogP contribution in [0.15, 0.2) is 0 Å². The van der Waals surface area contributed by atoms with Crippen molar-refractivity contribution in [3.63, 3.8) is 0 Å². The molecule has 0 rings (SSSR count). The third-order valence-corrected chi connectivity index (χ3v) is 3.02. The molecule has 0 spiro atoms. The number of hydrogen-bond donors (Lipinski definition) is 0. The first-order valence-electron chi connectivity index (χ1n) is 6.61. The Labute approximate surface area is 100 Å². The van der Waals surface area contributed by atoms with Crippen molar-refractivity contribution in [3.8, 4) is 12.1 Å². The molecule has 1 unspecified atom stereocenters. The Bertz CT molecular complexity index is 222. The van der Waals surface area contributed by atoms with Gasteiger partial charge in [-0.25, -0.2) is 0 Å². The fourth-order valence-electron chi connectivity index (χ4n) is 1.84. The van der Waals surface area contributed by atoms with Gasteiger partial charge in [-0.3, -0.25) is 0 Å². The molecule has 0 radical (unpaired) electrons. The van der Waals surface area contributed by atoms with Crippen molar-refractivity contribution in [2.45, 2.75) is 71.1 Å². The zero-order valence-electron chi connectivity index (χ0n) is 10.5. The van der Waals surface area contributed by atoms with Crippen LogP contribution in [-0.2, 0) is 0 Å². The summed E-state index contributed by atoms with van der Waals surface area (Å²) in [6.45, 7) is 2.09. The molecule has 0 fully saturated rings. The topological polar surface area (TPSA) is 47.6 Å². The summed E-state index contributed by atoms with van der Waals surface area (Å²) < 4.78 is 0. The number of hydrogen-bond acceptors (Lipinski definition) is 2. The minimum absolute atomic E-state index is 0.274. The Balaban J connectivity index is 3.10. The second-order valence-corrected chi connectivity index (χ2v) is 4.41. The number of nitrogens with zero attached hydrogens (tertiary/aromatic N) is 2. The fraction of sp³-hybridized carbons (Fsp3) is 0.857. The van der Waals surface area contributed by atoms with Gasteiger partial charge in [0.2, 0.25) is 0 Å². The maximum Gasteiger partial charge on any atom is 0.0655 e. The zero-order valence-corrected chi connectivity index (χ0v) is 10.5. The predicted molar refractivity (Wildman–Crippen MR) is 66.6 cm³/mol. The summed E-state index contributed by atoms with van der Waals surface area (Å²) in [7, 11) is 0. The van der Waals surface area contributed by atoms with E-state index in [0.29, 0.717) is 6.42 Å². The molecule has 0 aliphatic carbocycles. The van der Waals surface area contributed by atoms with Crippen LogP contribution < -0.4 is 0 Å². The maximum absolute atomic E-state index is 8.77. The van der Waals surface area contributed by atoms with Gasteiger partial charge in [0, 0.05) is 12.3 Å². The summed E-state index contributed by atoms with van der Waals surface area (Å²) >= 11 is 0. The number of rotatable bonds is 10. The van der Waals surface area contributed by atoms with Crippen molar-refractivity contribution < 1.29 is 0 Å². The van der Waals surface area contributed by atoms with E-state index in [-0.39, 0.29) is 5.92 Å². The van der Waals surface area contributed by atoms with E-state index < -0.39 is 0 Å². The van der Waals surface area contributed by atoms with E-state index in [0.717, 1.165) is 19.3 Å². The van der Waals surface area contributed by atoms with Gasteiger partial charge in [-0.05, 0) is 19.3 Å². The molecule has 0 aromatic rings. The summed E-state index contributed by atoms with van der Waals surface area (Å²) in [6.07, 6.45) is 11.3. The second-order valence-electron chi connectivity index (χ2n) is 4.41. The van der Waals surface area contributed by atoms with Gasteiger partial charge in [0.25, 0.3) is 0 Å². The van der Waals surface area contributed by atoms with Crippen molar-refractivity contribution in [1.29, 1.82) is 10.5 Å². The van der Waals surface area contributed by atoms with Crippen LogP contribution in [0.4, 0.5) is 0 Å². The highest BCUT2D eigenvalue weighted by Crippen LogP contribution is 2.14. The molecule has 0 heterocycles. The molecular weight excluding hydrogens is 196 g/mol. The van der Waals surface area contributed by atoms with Crippen molar-refractivity contribution >= 4 is 0 Å². The van der Waals surface area contributed by atoms with Gasteiger partial charge in [-0.15, -0.1) is 0 Å². The average molecular weight is 220 g/mol. The minimum atomic E-state index is 0.274. The van der Waals surface area contributed by atoms with E-state index in [1.54, 1.807) is 0 Å². The largest absolute Gasteiger partial charge is 0.198 e. The van der Waals surface area contributed by atoms with Crippen LogP contribution >= 0.6 is 0 Å². The van der Waals surface area contributed by atoms with Gasteiger partial charge >= 0.3 is 0 Å². The van der Waals surface area contributed by atoms with Crippen LogP contribution in [0.2, 0.25) is 0 Å². The summed E-state index contributed by atoms with van der Waals surface area (Å²) in [5, 5.41) is 17.1. The summed E-state index contributed by atoms with van der Waals surface area (Å²) in [5.41, 5.74) is 0. The molecule has 0 bridgehead atoms. The predicted octanol–water partition coefficient (Wildman–Crippen LogP) is 4.57. The highest BCUT2D eigenvalue weighted by molar-refractivity contribution is 4.80. The molecule has 2 heteroatoms. The molecule has 2 nitrogen and oxygen atoms in total. The molecule has 0 saturated heterocycles. The molecule has 0 aliphatic heterocycles. The first kappa shape index (κ1) is 15.0. The van der Waals surface area contributed by atoms with Crippen LogP contribution in [0.3, 0.4) is 0 Å². The smallest absolute Gasteiger partial charge is 0.0655 e. The van der Waals surface area contributed by atoms with Gasteiger partial charge in [0.1, 0.15) is 0 Å². The van der Waals surface area contributed by atoms with Crippen LogP contribution in [0.5, 0.6) is 0 Å².